The summed E-state index contributed by atoms with van der Waals surface area (Å²) in [7, 11) is -3.51. The molecule has 21 heavy (non-hydrogen) atoms. The van der Waals surface area contributed by atoms with E-state index in [1.165, 1.54) is 0 Å². The number of hydrogen-bond donors (Lipinski definition) is 3. The van der Waals surface area contributed by atoms with Gasteiger partial charge in [-0.15, -0.1) is 0 Å². The van der Waals surface area contributed by atoms with E-state index < -0.39 is 10.0 Å². The van der Waals surface area contributed by atoms with Gasteiger partial charge in [-0.05, 0) is 38.4 Å². The van der Waals surface area contributed by atoms with Crippen LogP contribution in [0.4, 0.5) is 0 Å². The second kappa shape index (κ2) is 7.02. The maximum absolute atomic E-state index is 12.0. The van der Waals surface area contributed by atoms with Gasteiger partial charge in [0.05, 0.1) is 10.9 Å². The van der Waals surface area contributed by atoms with E-state index in [0.29, 0.717) is 0 Å². The van der Waals surface area contributed by atoms with Gasteiger partial charge in [0.25, 0.3) is 0 Å². The van der Waals surface area contributed by atoms with E-state index in [-0.39, 0.29) is 29.9 Å². The van der Waals surface area contributed by atoms with Gasteiger partial charge in [-0.1, -0.05) is 17.7 Å². The number of nitrogens with one attached hydrogen (secondary N) is 3. The van der Waals surface area contributed by atoms with Crippen LogP contribution in [0.2, 0.25) is 0 Å². The molecule has 1 fully saturated rings. The lowest BCUT2D eigenvalue weighted by Crippen LogP contribution is -2.43. The molecular formula is C14H21N3O3S. The minimum absolute atomic E-state index is 0.0676. The van der Waals surface area contributed by atoms with Crippen molar-refractivity contribution in [2.24, 2.45) is 0 Å². The first-order valence-electron chi connectivity index (χ1n) is 7.06. The molecule has 1 heterocycles. The summed E-state index contributed by atoms with van der Waals surface area (Å²) in [6.45, 7) is 3.21. The molecular weight excluding hydrogens is 290 g/mol. The van der Waals surface area contributed by atoms with Crippen molar-refractivity contribution >= 4 is 15.9 Å². The Morgan fingerprint density at radius 2 is 2.00 bits per heavy atom. The molecule has 0 bridgehead atoms. The fraction of sp³-hybridized carbons (Fsp3) is 0.500. The Bertz CT molecular complexity index is 578. The normalized spacial score (nSPS) is 18.6. The van der Waals surface area contributed by atoms with Crippen molar-refractivity contribution in [2.45, 2.75) is 30.7 Å². The summed E-state index contributed by atoms with van der Waals surface area (Å²) >= 11 is 0. The van der Waals surface area contributed by atoms with Crippen molar-refractivity contribution in [2.75, 3.05) is 19.6 Å². The molecule has 2 rings (SSSR count). The molecule has 0 saturated carbocycles. The maximum atomic E-state index is 12.0. The number of carbonyl (C=O) groups excluding carboxylic acids is 1. The Hall–Kier alpha value is -1.44. The second-order valence-corrected chi connectivity index (χ2v) is 6.92. The van der Waals surface area contributed by atoms with Gasteiger partial charge in [0.1, 0.15) is 0 Å². The first kappa shape index (κ1) is 15.9. The lowest BCUT2D eigenvalue weighted by atomic mass is 10.2. The number of carbonyl (C=O) groups is 1. The third-order valence-electron chi connectivity index (χ3n) is 3.42. The number of amides is 1. The number of rotatable bonds is 6. The van der Waals surface area contributed by atoms with E-state index in [1.807, 2.05) is 6.92 Å². The zero-order valence-electron chi connectivity index (χ0n) is 12.1. The molecule has 1 aromatic carbocycles. The van der Waals surface area contributed by atoms with Gasteiger partial charge in [0.15, 0.2) is 0 Å². The van der Waals surface area contributed by atoms with Gasteiger partial charge in [-0.25, -0.2) is 13.1 Å². The van der Waals surface area contributed by atoms with Crippen molar-refractivity contribution in [3.05, 3.63) is 29.8 Å². The Kier molecular flexibility index (Phi) is 5.33. The molecule has 1 aliphatic rings. The van der Waals surface area contributed by atoms with E-state index in [1.54, 1.807) is 24.3 Å². The lowest BCUT2D eigenvalue weighted by Gasteiger charge is -2.11. The maximum Gasteiger partial charge on any atom is 0.240 e. The van der Waals surface area contributed by atoms with Crippen LogP contribution >= 0.6 is 0 Å². The summed E-state index contributed by atoms with van der Waals surface area (Å²) in [5.41, 5.74) is 1.00. The third-order valence-corrected chi connectivity index (χ3v) is 4.90. The van der Waals surface area contributed by atoms with Crippen molar-refractivity contribution in [1.82, 2.24) is 15.4 Å². The molecule has 1 aliphatic heterocycles. The molecule has 1 aromatic rings. The first-order valence-corrected chi connectivity index (χ1v) is 8.55. The molecule has 1 atom stereocenters. The number of aryl methyl sites for hydroxylation is 1. The largest absolute Gasteiger partial charge is 0.353 e. The second-order valence-electron chi connectivity index (χ2n) is 5.15. The molecule has 0 radical (unpaired) electrons. The standard InChI is InChI=1S/C14H21N3O3S/c1-11-4-6-12(7-5-11)21(19,20)17-10-9-16-14(18)13-3-2-8-15-13/h4-7,13,15,17H,2-3,8-10H2,1H3,(H,16,18). The fourth-order valence-corrected chi connectivity index (χ4v) is 3.24. The van der Waals surface area contributed by atoms with Crippen LogP contribution in [0.5, 0.6) is 0 Å². The number of hydrogen-bond acceptors (Lipinski definition) is 4. The third kappa shape index (κ3) is 4.52. The molecule has 0 spiro atoms. The van der Waals surface area contributed by atoms with E-state index in [0.717, 1.165) is 24.9 Å². The highest BCUT2D eigenvalue weighted by Gasteiger charge is 2.21. The fourth-order valence-electron chi connectivity index (χ4n) is 2.20. The van der Waals surface area contributed by atoms with Crippen LogP contribution in [-0.4, -0.2) is 40.0 Å². The average molecular weight is 311 g/mol. The predicted molar refractivity (Wildman–Crippen MR) is 80.4 cm³/mol. The summed E-state index contributed by atoms with van der Waals surface area (Å²) in [5, 5.41) is 5.82. The molecule has 0 aromatic heterocycles. The lowest BCUT2D eigenvalue weighted by molar-refractivity contribution is -0.122. The molecule has 1 unspecified atom stereocenters. The average Bonchev–Trinajstić information content (AvgIpc) is 2.98. The Labute approximate surface area is 125 Å². The highest BCUT2D eigenvalue weighted by atomic mass is 32.2. The van der Waals surface area contributed by atoms with Crippen LogP contribution in [0, 0.1) is 6.92 Å². The van der Waals surface area contributed by atoms with Gasteiger partial charge in [-0.3, -0.25) is 4.79 Å². The predicted octanol–water partition coefficient (Wildman–Crippen LogP) is 0.142. The summed E-state index contributed by atoms with van der Waals surface area (Å²) in [5.74, 6) is -0.0676. The van der Waals surface area contributed by atoms with Crippen molar-refractivity contribution in [1.29, 1.82) is 0 Å². The summed E-state index contributed by atoms with van der Waals surface area (Å²) in [6, 6.07) is 6.50. The summed E-state index contributed by atoms with van der Waals surface area (Å²) in [6.07, 6.45) is 1.83. The van der Waals surface area contributed by atoms with E-state index in [4.69, 9.17) is 0 Å². The van der Waals surface area contributed by atoms with E-state index >= 15 is 0 Å². The summed E-state index contributed by atoms with van der Waals surface area (Å²) in [4.78, 5) is 12.0. The zero-order valence-corrected chi connectivity index (χ0v) is 12.9. The van der Waals surface area contributed by atoms with Crippen LogP contribution < -0.4 is 15.4 Å². The molecule has 7 heteroatoms. The topological polar surface area (TPSA) is 87.3 Å². The van der Waals surface area contributed by atoms with E-state index in [9.17, 15) is 13.2 Å². The molecule has 1 saturated heterocycles. The minimum atomic E-state index is -3.51. The molecule has 116 valence electrons. The first-order chi connectivity index (χ1) is 9.99. The number of benzene rings is 1. The molecule has 0 aliphatic carbocycles. The van der Waals surface area contributed by atoms with Crippen LogP contribution in [0.15, 0.2) is 29.2 Å². The van der Waals surface area contributed by atoms with Crippen LogP contribution in [0.3, 0.4) is 0 Å². The highest BCUT2D eigenvalue weighted by Crippen LogP contribution is 2.09. The Morgan fingerprint density at radius 1 is 1.29 bits per heavy atom. The zero-order chi connectivity index (χ0) is 15.3. The van der Waals surface area contributed by atoms with Crippen LogP contribution in [0.25, 0.3) is 0 Å². The van der Waals surface area contributed by atoms with Crippen molar-refractivity contribution in [3.63, 3.8) is 0 Å². The quantitative estimate of drug-likeness (QED) is 0.652. The van der Waals surface area contributed by atoms with E-state index in [2.05, 4.69) is 15.4 Å². The summed E-state index contributed by atoms with van der Waals surface area (Å²) < 4.78 is 26.5. The van der Waals surface area contributed by atoms with Gasteiger partial charge in [0.2, 0.25) is 15.9 Å². The highest BCUT2D eigenvalue weighted by molar-refractivity contribution is 7.89. The van der Waals surface area contributed by atoms with Crippen LogP contribution in [0.1, 0.15) is 18.4 Å². The smallest absolute Gasteiger partial charge is 0.240 e. The van der Waals surface area contributed by atoms with Gasteiger partial charge in [0, 0.05) is 13.1 Å². The molecule has 1 amide bonds. The van der Waals surface area contributed by atoms with Gasteiger partial charge in [-0.2, -0.15) is 0 Å². The molecule has 6 nitrogen and oxygen atoms in total. The van der Waals surface area contributed by atoms with Gasteiger partial charge < -0.3 is 10.6 Å². The van der Waals surface area contributed by atoms with Gasteiger partial charge >= 0.3 is 0 Å². The van der Waals surface area contributed by atoms with Crippen molar-refractivity contribution in [3.8, 4) is 0 Å². The molecule has 3 N–H and O–H groups in total. The Balaban J connectivity index is 1.77. The SMILES string of the molecule is Cc1ccc(S(=O)(=O)NCCNC(=O)C2CCCN2)cc1. The number of sulfonamides is 1. The monoisotopic (exact) mass is 311 g/mol. The minimum Gasteiger partial charge on any atom is -0.353 e. The van der Waals surface area contributed by atoms with Crippen molar-refractivity contribution < 1.29 is 13.2 Å². The van der Waals surface area contributed by atoms with Crippen LogP contribution in [-0.2, 0) is 14.8 Å². The Morgan fingerprint density at radius 3 is 2.62 bits per heavy atom.